The Morgan fingerprint density at radius 1 is 1.43 bits per heavy atom. The molecule has 2 atom stereocenters. The van der Waals surface area contributed by atoms with E-state index in [-0.39, 0.29) is 18.1 Å². The van der Waals surface area contributed by atoms with E-state index in [4.69, 9.17) is 4.74 Å². The number of nitrogens with zero attached hydrogens (tertiary/aromatic N) is 1. The first-order chi connectivity index (χ1) is 10.1. The zero-order chi connectivity index (χ0) is 14.8. The fourth-order valence-electron chi connectivity index (χ4n) is 3.12. The number of ether oxygens (including phenoxy) is 1. The van der Waals surface area contributed by atoms with Crippen molar-refractivity contribution >= 4 is 16.8 Å². The van der Waals surface area contributed by atoms with E-state index in [1.54, 1.807) is 6.92 Å². The highest BCUT2D eigenvalue weighted by atomic mass is 16.5. The van der Waals surface area contributed by atoms with Gasteiger partial charge in [-0.3, -0.25) is 9.89 Å². The summed E-state index contributed by atoms with van der Waals surface area (Å²) in [6.45, 7) is 3.63. The van der Waals surface area contributed by atoms with E-state index in [9.17, 15) is 4.79 Å². The monoisotopic (exact) mass is 287 g/mol. The maximum absolute atomic E-state index is 11.2. The summed E-state index contributed by atoms with van der Waals surface area (Å²) in [4.78, 5) is 11.2. The van der Waals surface area contributed by atoms with E-state index in [2.05, 4.69) is 22.4 Å². The number of nitrogens with one attached hydrogen (secondary N) is 2. The number of carbonyl (C=O) groups is 1. The number of aromatic nitrogens is 2. The first kappa shape index (κ1) is 13.9. The summed E-state index contributed by atoms with van der Waals surface area (Å²) < 4.78 is 6.18. The van der Waals surface area contributed by atoms with E-state index in [0.717, 1.165) is 47.9 Å². The van der Waals surface area contributed by atoms with Crippen LogP contribution in [0.4, 0.5) is 0 Å². The van der Waals surface area contributed by atoms with E-state index < -0.39 is 0 Å². The molecule has 2 unspecified atom stereocenters. The zero-order valence-electron chi connectivity index (χ0n) is 12.5. The van der Waals surface area contributed by atoms with Crippen LogP contribution in [0, 0.1) is 6.92 Å². The number of carbonyl (C=O) groups excluding carboxylic acids is 1. The number of benzene rings is 1. The third kappa shape index (κ3) is 3.01. The SMILES string of the molecule is CC(=O)NC1CCCC(Oc2ccc3[nH]ncc3c2C)C1. The van der Waals surface area contributed by atoms with Gasteiger partial charge >= 0.3 is 0 Å². The van der Waals surface area contributed by atoms with Crippen LogP contribution >= 0.6 is 0 Å². The topological polar surface area (TPSA) is 67.0 Å². The van der Waals surface area contributed by atoms with Crippen molar-refractivity contribution in [3.63, 3.8) is 0 Å². The number of rotatable bonds is 3. The van der Waals surface area contributed by atoms with Crippen LogP contribution in [0.3, 0.4) is 0 Å². The fourth-order valence-corrected chi connectivity index (χ4v) is 3.12. The van der Waals surface area contributed by atoms with Crippen molar-refractivity contribution in [1.29, 1.82) is 0 Å². The highest BCUT2D eigenvalue weighted by Crippen LogP contribution is 2.29. The predicted octanol–water partition coefficient (Wildman–Crippen LogP) is 2.70. The van der Waals surface area contributed by atoms with Gasteiger partial charge in [0.25, 0.3) is 0 Å². The van der Waals surface area contributed by atoms with Crippen LogP contribution < -0.4 is 10.1 Å². The van der Waals surface area contributed by atoms with Gasteiger partial charge in [0, 0.05) is 30.3 Å². The van der Waals surface area contributed by atoms with Crippen molar-refractivity contribution in [2.45, 2.75) is 51.7 Å². The van der Waals surface area contributed by atoms with Gasteiger partial charge < -0.3 is 10.1 Å². The smallest absolute Gasteiger partial charge is 0.217 e. The molecule has 2 aromatic rings. The molecule has 112 valence electrons. The molecule has 0 saturated heterocycles. The summed E-state index contributed by atoms with van der Waals surface area (Å²) >= 11 is 0. The van der Waals surface area contributed by atoms with Crippen molar-refractivity contribution in [3.05, 3.63) is 23.9 Å². The molecule has 0 spiro atoms. The normalized spacial score (nSPS) is 22.2. The standard InChI is InChI=1S/C16H21N3O2/c1-10-14-9-17-19-15(14)6-7-16(10)21-13-5-3-4-12(8-13)18-11(2)20/h6-7,9,12-13H,3-5,8H2,1-2H3,(H,17,19)(H,18,20). The van der Waals surface area contributed by atoms with Crippen molar-refractivity contribution in [3.8, 4) is 5.75 Å². The third-order valence-corrected chi connectivity index (χ3v) is 4.17. The van der Waals surface area contributed by atoms with Gasteiger partial charge in [-0.05, 0) is 38.3 Å². The van der Waals surface area contributed by atoms with Gasteiger partial charge in [-0.15, -0.1) is 0 Å². The summed E-state index contributed by atoms with van der Waals surface area (Å²) in [5, 5.41) is 11.1. The van der Waals surface area contributed by atoms with Crippen LogP contribution in [0.25, 0.3) is 10.9 Å². The number of aryl methyl sites for hydroxylation is 1. The Morgan fingerprint density at radius 3 is 3.10 bits per heavy atom. The molecular weight excluding hydrogens is 266 g/mol. The predicted molar refractivity (Wildman–Crippen MR) is 81.3 cm³/mol. The van der Waals surface area contributed by atoms with Gasteiger partial charge in [-0.25, -0.2) is 0 Å². The van der Waals surface area contributed by atoms with Crippen molar-refractivity contribution < 1.29 is 9.53 Å². The summed E-state index contributed by atoms with van der Waals surface area (Å²) in [7, 11) is 0. The average molecular weight is 287 g/mol. The second-order valence-electron chi connectivity index (χ2n) is 5.82. The van der Waals surface area contributed by atoms with Crippen molar-refractivity contribution in [2.75, 3.05) is 0 Å². The highest BCUT2D eigenvalue weighted by Gasteiger charge is 2.24. The maximum Gasteiger partial charge on any atom is 0.217 e. The van der Waals surface area contributed by atoms with Gasteiger partial charge in [0.1, 0.15) is 11.9 Å². The van der Waals surface area contributed by atoms with Crippen LogP contribution in [0.2, 0.25) is 0 Å². The summed E-state index contributed by atoms with van der Waals surface area (Å²) in [6, 6.07) is 4.23. The summed E-state index contributed by atoms with van der Waals surface area (Å²) in [5.74, 6) is 0.953. The molecule has 1 aliphatic carbocycles. The maximum atomic E-state index is 11.2. The largest absolute Gasteiger partial charge is 0.490 e. The highest BCUT2D eigenvalue weighted by molar-refractivity contribution is 5.83. The summed E-state index contributed by atoms with van der Waals surface area (Å²) in [6.07, 6.45) is 6.04. The van der Waals surface area contributed by atoms with Gasteiger partial charge in [0.05, 0.1) is 11.7 Å². The molecule has 0 aliphatic heterocycles. The molecule has 21 heavy (non-hydrogen) atoms. The lowest BCUT2D eigenvalue weighted by molar-refractivity contribution is -0.120. The van der Waals surface area contributed by atoms with Gasteiger partial charge in [-0.2, -0.15) is 5.10 Å². The lowest BCUT2D eigenvalue weighted by Crippen LogP contribution is -2.40. The molecule has 1 saturated carbocycles. The second-order valence-corrected chi connectivity index (χ2v) is 5.82. The van der Waals surface area contributed by atoms with Crippen LogP contribution in [0.15, 0.2) is 18.3 Å². The molecule has 3 rings (SSSR count). The van der Waals surface area contributed by atoms with Gasteiger partial charge in [0.15, 0.2) is 0 Å². The zero-order valence-corrected chi connectivity index (χ0v) is 12.5. The van der Waals surface area contributed by atoms with Gasteiger partial charge in [-0.1, -0.05) is 0 Å². The Labute approximate surface area is 124 Å². The molecule has 1 heterocycles. The number of amides is 1. The average Bonchev–Trinajstić information content (AvgIpc) is 2.91. The minimum atomic E-state index is 0.0386. The molecule has 1 fully saturated rings. The second kappa shape index (κ2) is 5.76. The number of hydrogen-bond acceptors (Lipinski definition) is 3. The van der Waals surface area contributed by atoms with E-state index in [1.807, 2.05) is 18.3 Å². The first-order valence-electron chi connectivity index (χ1n) is 7.50. The van der Waals surface area contributed by atoms with Crippen LogP contribution in [-0.4, -0.2) is 28.3 Å². The minimum absolute atomic E-state index is 0.0386. The van der Waals surface area contributed by atoms with Crippen molar-refractivity contribution in [1.82, 2.24) is 15.5 Å². The Bertz CT molecular complexity index is 650. The third-order valence-electron chi connectivity index (χ3n) is 4.17. The number of H-pyrrole nitrogens is 1. The number of hydrogen-bond donors (Lipinski definition) is 2. The van der Waals surface area contributed by atoms with E-state index in [0.29, 0.717) is 0 Å². The fraction of sp³-hybridized carbons (Fsp3) is 0.500. The lowest BCUT2D eigenvalue weighted by Gasteiger charge is -2.30. The van der Waals surface area contributed by atoms with Crippen molar-refractivity contribution in [2.24, 2.45) is 0 Å². The van der Waals surface area contributed by atoms with Crippen LogP contribution in [0.1, 0.15) is 38.2 Å². The van der Waals surface area contributed by atoms with Crippen LogP contribution in [-0.2, 0) is 4.79 Å². The minimum Gasteiger partial charge on any atom is -0.490 e. The van der Waals surface area contributed by atoms with Gasteiger partial charge in [0.2, 0.25) is 5.91 Å². The molecule has 2 N–H and O–H groups in total. The molecule has 5 nitrogen and oxygen atoms in total. The molecule has 0 bridgehead atoms. The number of fused-ring (bicyclic) bond motifs is 1. The molecule has 0 radical (unpaired) electrons. The Hall–Kier alpha value is -2.04. The quantitative estimate of drug-likeness (QED) is 0.912. The number of aromatic amines is 1. The summed E-state index contributed by atoms with van der Waals surface area (Å²) in [5.41, 5.74) is 2.14. The molecule has 1 amide bonds. The molecular formula is C16H21N3O2. The Balaban J connectivity index is 1.72. The molecule has 1 aromatic heterocycles. The molecule has 1 aliphatic rings. The molecule has 1 aromatic carbocycles. The van der Waals surface area contributed by atoms with E-state index >= 15 is 0 Å². The Morgan fingerprint density at radius 2 is 2.29 bits per heavy atom. The lowest BCUT2D eigenvalue weighted by atomic mass is 9.92. The van der Waals surface area contributed by atoms with E-state index in [1.165, 1.54) is 0 Å². The Kier molecular flexibility index (Phi) is 3.82. The molecule has 5 heteroatoms. The first-order valence-corrected chi connectivity index (χ1v) is 7.50. The van der Waals surface area contributed by atoms with Crippen LogP contribution in [0.5, 0.6) is 5.75 Å².